The highest BCUT2D eigenvalue weighted by Crippen LogP contribution is 2.16. The van der Waals surface area contributed by atoms with E-state index in [2.05, 4.69) is 14.8 Å². The van der Waals surface area contributed by atoms with Crippen LogP contribution in [0.15, 0.2) is 18.3 Å². The van der Waals surface area contributed by atoms with Gasteiger partial charge < -0.3 is 15.5 Å². The first kappa shape index (κ1) is 13.6. The minimum atomic E-state index is 0.155. The zero-order chi connectivity index (χ0) is 13.8. The maximum atomic E-state index is 11.6. The number of rotatable bonds is 3. The van der Waals surface area contributed by atoms with Crippen molar-refractivity contribution in [1.82, 2.24) is 14.8 Å². The number of likely N-dealkylation sites (N-methyl/N-ethyl adjacent to an activating group) is 1. The zero-order valence-electron chi connectivity index (χ0n) is 11.5. The van der Waals surface area contributed by atoms with Gasteiger partial charge in [-0.2, -0.15) is 0 Å². The summed E-state index contributed by atoms with van der Waals surface area (Å²) in [5, 5.41) is 0. The van der Waals surface area contributed by atoms with Gasteiger partial charge >= 0.3 is 0 Å². The number of anilines is 2. The molecule has 0 aromatic carbocycles. The average molecular weight is 263 g/mol. The van der Waals surface area contributed by atoms with Crippen molar-refractivity contribution in [2.24, 2.45) is 0 Å². The first-order chi connectivity index (χ1) is 9.06. The average Bonchev–Trinajstić information content (AvgIpc) is 2.40. The van der Waals surface area contributed by atoms with E-state index in [1.54, 1.807) is 25.2 Å². The van der Waals surface area contributed by atoms with Gasteiger partial charge in [0.25, 0.3) is 0 Å². The molecular weight excluding hydrogens is 242 g/mol. The fraction of sp³-hybridized carbons (Fsp3) is 0.538. The highest BCUT2D eigenvalue weighted by Gasteiger charge is 2.19. The van der Waals surface area contributed by atoms with Crippen LogP contribution in [0.25, 0.3) is 0 Å². The van der Waals surface area contributed by atoms with Crippen molar-refractivity contribution in [3.8, 4) is 0 Å². The summed E-state index contributed by atoms with van der Waals surface area (Å²) < 4.78 is 0. The van der Waals surface area contributed by atoms with Crippen LogP contribution in [0, 0.1) is 0 Å². The summed E-state index contributed by atoms with van der Waals surface area (Å²) in [6.45, 7) is 4.10. The van der Waals surface area contributed by atoms with E-state index in [9.17, 15) is 4.79 Å². The molecule has 1 aromatic heterocycles. The molecule has 0 unspecified atom stereocenters. The lowest BCUT2D eigenvalue weighted by Crippen LogP contribution is -2.49. The van der Waals surface area contributed by atoms with Gasteiger partial charge in [0, 0.05) is 40.3 Å². The molecule has 19 heavy (non-hydrogen) atoms. The van der Waals surface area contributed by atoms with Gasteiger partial charge in [-0.3, -0.25) is 9.69 Å². The molecule has 1 aromatic rings. The van der Waals surface area contributed by atoms with E-state index >= 15 is 0 Å². The Morgan fingerprint density at radius 2 is 2.00 bits per heavy atom. The van der Waals surface area contributed by atoms with Crippen LogP contribution in [0.2, 0.25) is 0 Å². The van der Waals surface area contributed by atoms with Gasteiger partial charge in [-0.25, -0.2) is 4.98 Å². The van der Waals surface area contributed by atoms with Gasteiger partial charge in [0.05, 0.1) is 18.4 Å². The van der Waals surface area contributed by atoms with E-state index < -0.39 is 0 Å². The summed E-state index contributed by atoms with van der Waals surface area (Å²) in [4.78, 5) is 21.8. The predicted molar refractivity (Wildman–Crippen MR) is 76.0 cm³/mol. The molecule has 1 fully saturated rings. The minimum Gasteiger partial charge on any atom is -0.384 e. The Labute approximate surface area is 113 Å². The number of piperazine rings is 1. The second-order valence-electron chi connectivity index (χ2n) is 4.99. The van der Waals surface area contributed by atoms with Crippen molar-refractivity contribution in [2.45, 2.75) is 0 Å². The molecule has 0 atom stereocenters. The molecule has 1 amide bonds. The first-order valence-corrected chi connectivity index (χ1v) is 6.45. The molecule has 6 heteroatoms. The fourth-order valence-electron chi connectivity index (χ4n) is 2.08. The normalized spacial score (nSPS) is 16.4. The van der Waals surface area contributed by atoms with Gasteiger partial charge in [-0.05, 0) is 12.1 Å². The third kappa shape index (κ3) is 3.57. The van der Waals surface area contributed by atoms with Crippen molar-refractivity contribution < 1.29 is 4.79 Å². The Balaban J connectivity index is 1.85. The van der Waals surface area contributed by atoms with Crippen LogP contribution >= 0.6 is 0 Å². The molecule has 0 bridgehead atoms. The highest BCUT2D eigenvalue weighted by molar-refractivity contribution is 5.77. The van der Waals surface area contributed by atoms with Gasteiger partial charge in [0.1, 0.15) is 5.82 Å². The summed E-state index contributed by atoms with van der Waals surface area (Å²) in [5.41, 5.74) is 6.67. The molecule has 1 aliphatic heterocycles. The number of nitrogen functional groups attached to an aromatic ring is 1. The summed E-state index contributed by atoms with van der Waals surface area (Å²) in [6, 6.07) is 3.81. The molecule has 104 valence electrons. The smallest absolute Gasteiger partial charge is 0.236 e. The lowest BCUT2D eigenvalue weighted by atomic mass is 10.2. The highest BCUT2D eigenvalue weighted by atomic mass is 16.2. The van der Waals surface area contributed by atoms with Crippen LogP contribution in [-0.4, -0.2) is 67.5 Å². The van der Waals surface area contributed by atoms with Crippen molar-refractivity contribution in [3.05, 3.63) is 18.3 Å². The molecule has 0 saturated carbocycles. The molecule has 0 spiro atoms. The SMILES string of the molecule is CN(C)C(=O)CN1CCN(c2ccc(N)nc2)CC1. The molecule has 6 nitrogen and oxygen atoms in total. The lowest BCUT2D eigenvalue weighted by Gasteiger charge is -2.35. The monoisotopic (exact) mass is 263 g/mol. The molecule has 2 heterocycles. The summed E-state index contributed by atoms with van der Waals surface area (Å²) in [5.74, 6) is 0.696. The van der Waals surface area contributed by atoms with E-state index in [1.165, 1.54) is 0 Å². The van der Waals surface area contributed by atoms with E-state index in [-0.39, 0.29) is 5.91 Å². The molecule has 1 aliphatic rings. The van der Waals surface area contributed by atoms with Gasteiger partial charge in [0.2, 0.25) is 5.91 Å². The topological polar surface area (TPSA) is 65.7 Å². The number of hydrogen-bond acceptors (Lipinski definition) is 5. The number of carbonyl (C=O) groups excluding carboxylic acids is 1. The van der Waals surface area contributed by atoms with Gasteiger partial charge in [-0.15, -0.1) is 0 Å². The number of aromatic nitrogens is 1. The third-order valence-corrected chi connectivity index (χ3v) is 3.37. The predicted octanol–water partition coefficient (Wildman–Crippen LogP) is -0.126. The third-order valence-electron chi connectivity index (χ3n) is 3.37. The second-order valence-corrected chi connectivity index (χ2v) is 4.99. The number of nitrogens with two attached hydrogens (primary N) is 1. The molecule has 2 rings (SSSR count). The second kappa shape index (κ2) is 5.88. The fourth-order valence-corrected chi connectivity index (χ4v) is 2.08. The van der Waals surface area contributed by atoms with Crippen LogP contribution in [-0.2, 0) is 4.79 Å². The quantitative estimate of drug-likeness (QED) is 0.823. The summed E-state index contributed by atoms with van der Waals surface area (Å²) >= 11 is 0. The summed E-state index contributed by atoms with van der Waals surface area (Å²) in [6.07, 6.45) is 1.80. The Morgan fingerprint density at radius 1 is 1.32 bits per heavy atom. The zero-order valence-corrected chi connectivity index (χ0v) is 11.5. The van der Waals surface area contributed by atoms with Gasteiger partial charge in [0.15, 0.2) is 0 Å². The van der Waals surface area contributed by atoms with E-state index in [0.29, 0.717) is 12.4 Å². The lowest BCUT2D eigenvalue weighted by molar-refractivity contribution is -0.129. The number of carbonyl (C=O) groups is 1. The Hall–Kier alpha value is -1.82. The van der Waals surface area contributed by atoms with Gasteiger partial charge in [-0.1, -0.05) is 0 Å². The van der Waals surface area contributed by atoms with Crippen LogP contribution in [0.3, 0.4) is 0 Å². The molecule has 2 N–H and O–H groups in total. The van der Waals surface area contributed by atoms with E-state index in [0.717, 1.165) is 31.9 Å². The maximum absolute atomic E-state index is 11.6. The summed E-state index contributed by atoms with van der Waals surface area (Å²) in [7, 11) is 3.58. The number of nitrogens with zero attached hydrogens (tertiary/aromatic N) is 4. The van der Waals surface area contributed by atoms with Crippen LogP contribution in [0.4, 0.5) is 11.5 Å². The Morgan fingerprint density at radius 3 is 2.53 bits per heavy atom. The molecular formula is C13H21N5O. The molecule has 1 saturated heterocycles. The van der Waals surface area contributed by atoms with Crippen molar-refractivity contribution in [3.63, 3.8) is 0 Å². The Kier molecular flexibility index (Phi) is 4.21. The maximum Gasteiger partial charge on any atom is 0.236 e. The van der Waals surface area contributed by atoms with E-state index in [1.807, 2.05) is 12.1 Å². The number of amides is 1. The van der Waals surface area contributed by atoms with Crippen molar-refractivity contribution >= 4 is 17.4 Å². The van der Waals surface area contributed by atoms with Crippen molar-refractivity contribution in [2.75, 3.05) is 57.5 Å². The first-order valence-electron chi connectivity index (χ1n) is 6.45. The van der Waals surface area contributed by atoms with Crippen LogP contribution < -0.4 is 10.6 Å². The minimum absolute atomic E-state index is 0.155. The molecule has 0 radical (unpaired) electrons. The number of hydrogen-bond donors (Lipinski definition) is 1. The standard InChI is InChI=1S/C13H21N5O/c1-16(2)13(19)10-17-5-7-18(8-6-17)11-3-4-12(14)15-9-11/h3-4,9H,5-8,10H2,1-2H3,(H2,14,15). The largest absolute Gasteiger partial charge is 0.384 e. The number of pyridine rings is 1. The molecule has 0 aliphatic carbocycles. The van der Waals surface area contributed by atoms with Crippen molar-refractivity contribution in [1.29, 1.82) is 0 Å². The van der Waals surface area contributed by atoms with Crippen LogP contribution in [0.5, 0.6) is 0 Å². The Bertz CT molecular complexity index is 423. The van der Waals surface area contributed by atoms with Crippen LogP contribution in [0.1, 0.15) is 0 Å². The van der Waals surface area contributed by atoms with E-state index in [4.69, 9.17) is 5.73 Å².